The Morgan fingerprint density at radius 3 is 2.36 bits per heavy atom. The topological polar surface area (TPSA) is 51.8 Å². The first-order chi connectivity index (χ1) is 17.1. The maximum absolute atomic E-state index is 10.7. The lowest BCUT2D eigenvalue weighted by atomic mass is 9.89. The molecule has 4 rings (SSSR count). The standard InChI is InChI=1S/C30H39NO4.ClH/c1-5-8-9-10-11-12-13-23-22-14-15-27(33-4)30(35-7-3)25(22)20-31-17-16-21-18-28(34-6-2)26(32)19-24(21)29(23)31;/h14-15,18-20H,5-13,16-17H2,1-4H3;1H. The maximum atomic E-state index is 10.7. The number of rotatable bonds is 12. The number of nitrogens with zero attached hydrogens (tertiary/aromatic N) is 1. The molecular weight excluding hydrogens is 474 g/mol. The van der Waals surface area contributed by atoms with Gasteiger partial charge in [-0.3, -0.25) is 0 Å². The Labute approximate surface area is 221 Å². The van der Waals surface area contributed by atoms with Gasteiger partial charge in [-0.1, -0.05) is 39.0 Å². The third kappa shape index (κ3) is 5.67. The number of hydrogen-bond donors (Lipinski definition) is 1. The average molecular weight is 514 g/mol. The van der Waals surface area contributed by atoms with Gasteiger partial charge in [-0.15, -0.1) is 0 Å². The van der Waals surface area contributed by atoms with Crippen LogP contribution in [0.4, 0.5) is 0 Å². The number of benzene rings is 2. The van der Waals surface area contributed by atoms with Crippen molar-refractivity contribution >= 4 is 10.8 Å². The molecule has 0 atom stereocenters. The predicted molar refractivity (Wildman–Crippen MR) is 141 cm³/mol. The Hall–Kier alpha value is -2.66. The van der Waals surface area contributed by atoms with E-state index in [0.29, 0.717) is 19.0 Å². The molecule has 3 aromatic rings. The molecule has 0 radical (unpaired) electrons. The summed E-state index contributed by atoms with van der Waals surface area (Å²) in [5, 5.41) is 13.0. The fraction of sp³-hybridized carbons (Fsp3) is 0.500. The second-order valence-corrected chi connectivity index (χ2v) is 9.32. The van der Waals surface area contributed by atoms with E-state index in [2.05, 4.69) is 23.8 Å². The second-order valence-electron chi connectivity index (χ2n) is 9.32. The number of aromatic hydroxyl groups is 1. The summed E-state index contributed by atoms with van der Waals surface area (Å²) < 4.78 is 19.8. The Morgan fingerprint density at radius 2 is 1.64 bits per heavy atom. The minimum Gasteiger partial charge on any atom is -1.00 e. The fourth-order valence-corrected chi connectivity index (χ4v) is 5.32. The van der Waals surface area contributed by atoms with E-state index < -0.39 is 0 Å². The van der Waals surface area contributed by atoms with Crippen LogP contribution in [0.2, 0.25) is 0 Å². The highest BCUT2D eigenvalue weighted by Gasteiger charge is 2.31. The normalized spacial score (nSPS) is 12.0. The number of halogens is 1. The van der Waals surface area contributed by atoms with Gasteiger partial charge in [0.1, 0.15) is 0 Å². The molecule has 0 spiro atoms. The predicted octanol–water partition coefficient (Wildman–Crippen LogP) is 3.77. The van der Waals surface area contributed by atoms with E-state index in [-0.39, 0.29) is 18.2 Å². The molecule has 0 saturated carbocycles. The number of fused-ring (bicyclic) bond motifs is 4. The number of aromatic nitrogens is 1. The van der Waals surface area contributed by atoms with Crippen molar-refractivity contribution in [3.8, 4) is 34.3 Å². The number of pyridine rings is 1. The molecule has 1 aliphatic heterocycles. The molecule has 2 heterocycles. The minimum atomic E-state index is 0. The van der Waals surface area contributed by atoms with Crippen molar-refractivity contribution in [1.82, 2.24) is 0 Å². The highest BCUT2D eigenvalue weighted by molar-refractivity contribution is 5.95. The molecule has 0 bridgehead atoms. The van der Waals surface area contributed by atoms with Crippen LogP contribution < -0.4 is 31.2 Å². The zero-order chi connectivity index (χ0) is 24.8. The first-order valence-electron chi connectivity index (χ1n) is 13.3. The van der Waals surface area contributed by atoms with Gasteiger partial charge < -0.3 is 31.7 Å². The van der Waals surface area contributed by atoms with E-state index in [4.69, 9.17) is 14.2 Å². The molecule has 0 saturated heterocycles. The summed E-state index contributed by atoms with van der Waals surface area (Å²) in [7, 11) is 1.70. The fourth-order valence-electron chi connectivity index (χ4n) is 5.32. The van der Waals surface area contributed by atoms with Crippen molar-refractivity contribution < 1.29 is 36.3 Å². The van der Waals surface area contributed by atoms with Gasteiger partial charge in [0.15, 0.2) is 35.7 Å². The summed E-state index contributed by atoms with van der Waals surface area (Å²) in [5.41, 5.74) is 4.87. The molecule has 5 nitrogen and oxygen atoms in total. The number of phenolic OH excluding ortho intramolecular Hbond substituents is 1. The van der Waals surface area contributed by atoms with Crippen LogP contribution in [0.3, 0.4) is 0 Å². The van der Waals surface area contributed by atoms with Crippen molar-refractivity contribution in [2.45, 2.75) is 78.7 Å². The van der Waals surface area contributed by atoms with Gasteiger partial charge in [0.2, 0.25) is 5.69 Å². The van der Waals surface area contributed by atoms with Crippen molar-refractivity contribution in [2.75, 3.05) is 20.3 Å². The molecule has 0 amide bonds. The van der Waals surface area contributed by atoms with Crippen LogP contribution in [0.1, 0.15) is 70.4 Å². The van der Waals surface area contributed by atoms with Gasteiger partial charge in [-0.05, 0) is 56.5 Å². The van der Waals surface area contributed by atoms with Crippen LogP contribution in [0.5, 0.6) is 23.0 Å². The van der Waals surface area contributed by atoms with Gasteiger partial charge in [-0.25, -0.2) is 0 Å². The highest BCUT2D eigenvalue weighted by Crippen LogP contribution is 2.42. The highest BCUT2D eigenvalue weighted by atomic mass is 35.5. The summed E-state index contributed by atoms with van der Waals surface area (Å²) in [6, 6.07) is 8.12. The Balaban J connectivity index is 0.00000361. The summed E-state index contributed by atoms with van der Waals surface area (Å²) >= 11 is 0. The minimum absolute atomic E-state index is 0. The lowest BCUT2D eigenvalue weighted by Crippen LogP contribution is -3.00. The lowest BCUT2D eigenvalue weighted by Gasteiger charge is -2.22. The molecule has 0 unspecified atom stereocenters. The molecule has 1 aliphatic rings. The Kier molecular flexibility index (Phi) is 10.1. The van der Waals surface area contributed by atoms with Crippen LogP contribution in [-0.4, -0.2) is 25.4 Å². The van der Waals surface area contributed by atoms with E-state index >= 15 is 0 Å². The number of phenols is 1. The molecule has 1 aromatic heterocycles. The van der Waals surface area contributed by atoms with Crippen molar-refractivity contribution in [2.24, 2.45) is 0 Å². The quantitative estimate of drug-likeness (QED) is 0.296. The molecule has 36 heavy (non-hydrogen) atoms. The smallest absolute Gasteiger partial charge is 0.216 e. The molecule has 2 aromatic carbocycles. The van der Waals surface area contributed by atoms with E-state index in [1.54, 1.807) is 7.11 Å². The summed E-state index contributed by atoms with van der Waals surface area (Å²) in [5.74, 6) is 2.35. The van der Waals surface area contributed by atoms with Crippen molar-refractivity contribution in [1.29, 1.82) is 0 Å². The van der Waals surface area contributed by atoms with Crippen LogP contribution in [0, 0.1) is 0 Å². The monoisotopic (exact) mass is 513 g/mol. The maximum Gasteiger partial charge on any atom is 0.216 e. The molecule has 0 aliphatic carbocycles. The average Bonchev–Trinajstić information content (AvgIpc) is 2.86. The molecule has 0 fully saturated rings. The van der Waals surface area contributed by atoms with Crippen LogP contribution in [-0.2, 0) is 19.4 Å². The third-order valence-corrected chi connectivity index (χ3v) is 6.99. The van der Waals surface area contributed by atoms with Gasteiger partial charge >= 0.3 is 0 Å². The number of ether oxygens (including phenoxy) is 3. The van der Waals surface area contributed by atoms with Gasteiger partial charge in [0.05, 0.1) is 31.3 Å². The van der Waals surface area contributed by atoms with Crippen molar-refractivity contribution in [3.05, 3.63) is 41.6 Å². The molecule has 1 N–H and O–H groups in total. The lowest BCUT2D eigenvalue weighted by molar-refractivity contribution is -0.686. The van der Waals surface area contributed by atoms with E-state index in [1.807, 2.05) is 32.0 Å². The number of aryl methyl sites for hydroxylation is 3. The van der Waals surface area contributed by atoms with Crippen LogP contribution >= 0.6 is 0 Å². The number of methoxy groups -OCH3 is 1. The van der Waals surface area contributed by atoms with E-state index in [9.17, 15) is 5.11 Å². The Bertz CT molecular complexity index is 1180. The van der Waals surface area contributed by atoms with E-state index in [0.717, 1.165) is 48.3 Å². The zero-order valence-electron chi connectivity index (χ0n) is 22.2. The molecule has 6 heteroatoms. The third-order valence-electron chi connectivity index (χ3n) is 6.99. The molecular formula is C30H40ClNO4. The number of unbranched alkanes of at least 4 members (excludes halogenated alkanes) is 5. The first kappa shape index (κ1) is 27.9. The van der Waals surface area contributed by atoms with E-state index in [1.165, 1.54) is 54.3 Å². The van der Waals surface area contributed by atoms with Crippen molar-refractivity contribution in [3.63, 3.8) is 0 Å². The number of hydrogen-bond acceptors (Lipinski definition) is 4. The van der Waals surface area contributed by atoms with Gasteiger partial charge in [0, 0.05) is 17.4 Å². The largest absolute Gasteiger partial charge is 1.00 e. The van der Waals surface area contributed by atoms with Crippen LogP contribution in [0.15, 0.2) is 30.5 Å². The SMILES string of the molecule is CCCCCCCCc1c2[n+](cc3c(OCC)c(OC)ccc13)CCc1cc(OCC)c(O)cc1-2.[Cl-]. The first-order valence-corrected chi connectivity index (χ1v) is 13.3. The zero-order valence-corrected chi connectivity index (χ0v) is 22.9. The Morgan fingerprint density at radius 1 is 0.889 bits per heavy atom. The van der Waals surface area contributed by atoms with Gasteiger partial charge in [-0.2, -0.15) is 4.57 Å². The second kappa shape index (κ2) is 13.0. The molecule has 196 valence electrons. The summed E-state index contributed by atoms with van der Waals surface area (Å²) in [6.07, 6.45) is 11.6. The van der Waals surface area contributed by atoms with Crippen LogP contribution in [0.25, 0.3) is 22.0 Å². The summed E-state index contributed by atoms with van der Waals surface area (Å²) in [4.78, 5) is 0. The van der Waals surface area contributed by atoms with Gasteiger partial charge in [0.25, 0.3) is 0 Å². The summed E-state index contributed by atoms with van der Waals surface area (Å²) in [6.45, 7) is 8.21.